The predicted octanol–water partition coefficient (Wildman–Crippen LogP) is 4.85. The van der Waals surface area contributed by atoms with Gasteiger partial charge in [0.2, 0.25) is 0 Å². The number of rotatable bonds is 2. The Balaban J connectivity index is 1.60. The monoisotopic (exact) mass is 302 g/mol. The van der Waals surface area contributed by atoms with E-state index in [9.17, 15) is 0 Å². The average molecular weight is 302 g/mol. The molecular formula is C19H14N2O2. The van der Waals surface area contributed by atoms with E-state index >= 15 is 0 Å². The number of aryl methyl sites for hydroxylation is 1. The number of aromatic nitrogens is 2. The van der Waals surface area contributed by atoms with Crippen LogP contribution in [-0.2, 0) is 0 Å². The summed E-state index contributed by atoms with van der Waals surface area (Å²) in [6.45, 7) is 2.07. The first-order valence-electron chi connectivity index (χ1n) is 7.35. The number of hydrogen-bond donors (Lipinski definition) is 0. The van der Waals surface area contributed by atoms with Crippen molar-refractivity contribution in [3.63, 3.8) is 0 Å². The Bertz CT molecular complexity index is 886. The molecule has 0 amide bonds. The highest BCUT2D eigenvalue weighted by Crippen LogP contribution is 2.43. The van der Waals surface area contributed by atoms with Crippen molar-refractivity contribution in [2.45, 2.75) is 6.92 Å². The number of benzene rings is 2. The van der Waals surface area contributed by atoms with Gasteiger partial charge in [0.15, 0.2) is 17.2 Å². The topological polar surface area (TPSA) is 44.2 Å². The molecule has 0 spiro atoms. The standard InChI is InChI=1S/C19H14N2O2/c1-13-6-8-14(9-7-13)10-11-15-12-18-19(21-20-15)23-17-5-3-2-4-16(17)22-18/h2-12H,1H3/b11-10+. The Morgan fingerprint density at radius 2 is 1.52 bits per heavy atom. The lowest BCUT2D eigenvalue weighted by molar-refractivity contribution is 0.343. The molecule has 0 aliphatic carbocycles. The first kappa shape index (κ1) is 13.5. The van der Waals surface area contributed by atoms with Crippen LogP contribution in [0.3, 0.4) is 0 Å². The molecule has 2 heterocycles. The van der Waals surface area contributed by atoms with Gasteiger partial charge in [-0.2, -0.15) is 0 Å². The van der Waals surface area contributed by atoms with Crippen LogP contribution in [0, 0.1) is 6.92 Å². The van der Waals surface area contributed by atoms with Crippen molar-refractivity contribution in [2.75, 3.05) is 0 Å². The largest absolute Gasteiger partial charge is 0.448 e. The smallest absolute Gasteiger partial charge is 0.282 e. The van der Waals surface area contributed by atoms with Crippen molar-refractivity contribution in [1.82, 2.24) is 10.2 Å². The highest BCUT2D eigenvalue weighted by Gasteiger charge is 2.20. The van der Waals surface area contributed by atoms with Crippen molar-refractivity contribution < 1.29 is 9.47 Å². The molecule has 1 aliphatic heterocycles. The van der Waals surface area contributed by atoms with E-state index in [1.54, 1.807) is 0 Å². The van der Waals surface area contributed by atoms with Crippen LogP contribution < -0.4 is 9.47 Å². The van der Waals surface area contributed by atoms with Gasteiger partial charge in [-0.1, -0.05) is 48.0 Å². The maximum atomic E-state index is 5.82. The minimum absolute atomic E-state index is 0.385. The zero-order valence-corrected chi connectivity index (χ0v) is 12.6. The number of ether oxygens (including phenoxy) is 2. The quantitative estimate of drug-likeness (QED) is 0.531. The molecular weight excluding hydrogens is 288 g/mol. The van der Waals surface area contributed by atoms with Crippen molar-refractivity contribution in [3.8, 4) is 23.1 Å². The summed E-state index contributed by atoms with van der Waals surface area (Å²) in [7, 11) is 0. The van der Waals surface area contributed by atoms with Gasteiger partial charge in [-0.05, 0) is 30.7 Å². The maximum absolute atomic E-state index is 5.82. The Kier molecular flexibility index (Phi) is 3.27. The second kappa shape index (κ2) is 5.57. The fraction of sp³-hybridized carbons (Fsp3) is 0.0526. The summed E-state index contributed by atoms with van der Waals surface area (Å²) in [6, 6.07) is 17.6. The number of para-hydroxylation sites is 2. The van der Waals surface area contributed by atoms with Crippen LogP contribution >= 0.6 is 0 Å². The Labute approximate surface area is 134 Å². The number of hydrogen-bond acceptors (Lipinski definition) is 4. The average Bonchev–Trinajstić information content (AvgIpc) is 2.59. The van der Waals surface area contributed by atoms with Gasteiger partial charge in [0, 0.05) is 6.07 Å². The van der Waals surface area contributed by atoms with Crippen molar-refractivity contribution in [3.05, 3.63) is 71.4 Å². The van der Waals surface area contributed by atoms with Crippen LogP contribution in [0.4, 0.5) is 0 Å². The highest BCUT2D eigenvalue weighted by molar-refractivity contribution is 5.69. The van der Waals surface area contributed by atoms with Crippen LogP contribution in [-0.4, -0.2) is 10.2 Å². The van der Waals surface area contributed by atoms with Crippen LogP contribution in [0.2, 0.25) is 0 Å². The first-order valence-corrected chi connectivity index (χ1v) is 7.35. The highest BCUT2D eigenvalue weighted by atomic mass is 16.6. The zero-order valence-electron chi connectivity index (χ0n) is 12.6. The van der Waals surface area contributed by atoms with E-state index in [2.05, 4.69) is 41.4 Å². The molecule has 0 bridgehead atoms. The summed E-state index contributed by atoms with van der Waals surface area (Å²) in [5.74, 6) is 2.29. The number of fused-ring (bicyclic) bond motifs is 2. The molecule has 4 heteroatoms. The molecule has 0 N–H and O–H groups in total. The Morgan fingerprint density at radius 1 is 0.783 bits per heavy atom. The van der Waals surface area contributed by atoms with Crippen LogP contribution in [0.5, 0.6) is 23.1 Å². The fourth-order valence-electron chi connectivity index (χ4n) is 2.30. The molecule has 1 aromatic heterocycles. The number of nitrogens with zero attached hydrogens (tertiary/aromatic N) is 2. The minimum Gasteiger partial charge on any atom is -0.448 e. The third-order valence-electron chi connectivity index (χ3n) is 3.55. The Morgan fingerprint density at radius 3 is 2.30 bits per heavy atom. The van der Waals surface area contributed by atoms with Crippen molar-refractivity contribution in [1.29, 1.82) is 0 Å². The predicted molar refractivity (Wildman–Crippen MR) is 88.7 cm³/mol. The lowest BCUT2D eigenvalue weighted by atomic mass is 10.1. The molecule has 0 fully saturated rings. The molecule has 23 heavy (non-hydrogen) atoms. The van der Waals surface area contributed by atoms with E-state index < -0.39 is 0 Å². The van der Waals surface area contributed by atoms with E-state index in [0.717, 1.165) is 5.56 Å². The van der Waals surface area contributed by atoms with Gasteiger partial charge in [-0.15, -0.1) is 10.2 Å². The van der Waals surface area contributed by atoms with E-state index in [-0.39, 0.29) is 0 Å². The summed E-state index contributed by atoms with van der Waals surface area (Å²) < 4.78 is 11.5. The molecule has 0 radical (unpaired) electrons. The lowest BCUT2D eigenvalue weighted by Crippen LogP contribution is -2.02. The molecule has 0 saturated heterocycles. The normalized spacial score (nSPS) is 12.2. The summed E-state index contributed by atoms with van der Waals surface area (Å²) in [6.07, 6.45) is 3.90. The second-order valence-corrected chi connectivity index (χ2v) is 5.33. The van der Waals surface area contributed by atoms with Gasteiger partial charge >= 0.3 is 0 Å². The van der Waals surface area contributed by atoms with Gasteiger partial charge < -0.3 is 9.47 Å². The van der Waals surface area contributed by atoms with Gasteiger partial charge in [0.05, 0.1) is 5.69 Å². The summed E-state index contributed by atoms with van der Waals surface area (Å²) in [4.78, 5) is 0. The zero-order chi connectivity index (χ0) is 15.6. The summed E-state index contributed by atoms with van der Waals surface area (Å²) in [5, 5.41) is 8.25. The molecule has 112 valence electrons. The van der Waals surface area contributed by atoms with Crippen LogP contribution in [0.25, 0.3) is 12.2 Å². The van der Waals surface area contributed by atoms with E-state index in [0.29, 0.717) is 28.8 Å². The third-order valence-corrected chi connectivity index (χ3v) is 3.55. The van der Waals surface area contributed by atoms with Gasteiger partial charge in [0.25, 0.3) is 5.88 Å². The molecule has 4 rings (SSSR count). The van der Waals surface area contributed by atoms with Crippen LogP contribution in [0.15, 0.2) is 54.6 Å². The Hall–Kier alpha value is -3.14. The molecule has 2 aromatic carbocycles. The minimum atomic E-state index is 0.385. The summed E-state index contributed by atoms with van der Waals surface area (Å²) in [5.41, 5.74) is 3.06. The van der Waals surface area contributed by atoms with E-state index in [1.165, 1.54) is 5.56 Å². The van der Waals surface area contributed by atoms with E-state index in [4.69, 9.17) is 9.47 Å². The fourth-order valence-corrected chi connectivity index (χ4v) is 2.30. The molecule has 3 aromatic rings. The van der Waals surface area contributed by atoms with E-state index in [1.807, 2.05) is 42.5 Å². The SMILES string of the molecule is Cc1ccc(/C=C/c2cc3c(nn2)Oc2ccccc2O3)cc1. The van der Waals surface area contributed by atoms with Gasteiger partial charge in [-0.25, -0.2) is 0 Å². The summed E-state index contributed by atoms with van der Waals surface area (Å²) >= 11 is 0. The van der Waals surface area contributed by atoms with Gasteiger partial charge in [-0.3, -0.25) is 0 Å². The van der Waals surface area contributed by atoms with Gasteiger partial charge in [0.1, 0.15) is 0 Å². The molecule has 0 saturated carbocycles. The molecule has 0 unspecified atom stereocenters. The third kappa shape index (κ3) is 2.79. The van der Waals surface area contributed by atoms with Crippen molar-refractivity contribution >= 4 is 12.2 Å². The first-order chi connectivity index (χ1) is 11.3. The molecule has 1 aliphatic rings. The second-order valence-electron chi connectivity index (χ2n) is 5.33. The molecule has 0 atom stereocenters. The van der Waals surface area contributed by atoms with Crippen molar-refractivity contribution in [2.24, 2.45) is 0 Å². The lowest BCUT2D eigenvalue weighted by Gasteiger charge is -2.18. The molecule has 4 nitrogen and oxygen atoms in total. The van der Waals surface area contributed by atoms with Crippen LogP contribution in [0.1, 0.15) is 16.8 Å². The maximum Gasteiger partial charge on any atom is 0.282 e.